The first-order valence-electron chi connectivity index (χ1n) is 5.01. The van der Waals surface area contributed by atoms with E-state index in [1.54, 1.807) is 0 Å². The molecular formula is C9H11ClN4O2. The van der Waals surface area contributed by atoms with Gasteiger partial charge >= 0.3 is 5.69 Å². The average molecular weight is 243 g/mol. The van der Waals surface area contributed by atoms with Gasteiger partial charge in [-0.15, -0.1) is 0 Å². The van der Waals surface area contributed by atoms with Gasteiger partial charge in [-0.1, -0.05) is 11.6 Å². The third kappa shape index (κ3) is 2.21. The Labute approximate surface area is 97.2 Å². The van der Waals surface area contributed by atoms with E-state index in [9.17, 15) is 10.1 Å². The van der Waals surface area contributed by atoms with Crippen molar-refractivity contribution in [1.82, 2.24) is 9.97 Å². The molecule has 2 rings (SSSR count). The normalized spacial score (nSPS) is 16.9. The first kappa shape index (κ1) is 11.1. The van der Waals surface area contributed by atoms with Gasteiger partial charge in [0.1, 0.15) is 6.33 Å². The van der Waals surface area contributed by atoms with E-state index in [0.717, 1.165) is 12.8 Å². The van der Waals surface area contributed by atoms with E-state index in [2.05, 4.69) is 15.3 Å². The van der Waals surface area contributed by atoms with E-state index < -0.39 is 4.92 Å². The first-order valence-corrected chi connectivity index (χ1v) is 5.39. The second kappa shape index (κ2) is 4.21. The third-order valence-corrected chi connectivity index (χ3v) is 2.93. The fourth-order valence-electron chi connectivity index (χ4n) is 1.55. The molecule has 7 heteroatoms. The molecule has 1 N–H and O–H groups in total. The number of nitrogens with zero attached hydrogens (tertiary/aromatic N) is 3. The van der Waals surface area contributed by atoms with Crippen LogP contribution < -0.4 is 5.32 Å². The highest BCUT2D eigenvalue weighted by molar-refractivity contribution is 6.31. The molecule has 0 aliphatic heterocycles. The minimum absolute atomic E-state index is 0.134. The van der Waals surface area contributed by atoms with Crippen LogP contribution >= 0.6 is 11.6 Å². The molecule has 1 aliphatic carbocycles. The lowest BCUT2D eigenvalue weighted by molar-refractivity contribution is -0.384. The van der Waals surface area contributed by atoms with Crippen LogP contribution in [0.2, 0.25) is 5.15 Å². The van der Waals surface area contributed by atoms with E-state index in [4.69, 9.17) is 11.6 Å². The van der Waals surface area contributed by atoms with Crippen molar-refractivity contribution in [2.45, 2.75) is 25.8 Å². The van der Waals surface area contributed by atoms with Gasteiger partial charge in [-0.3, -0.25) is 10.1 Å². The molecule has 6 nitrogen and oxygen atoms in total. The predicted octanol–water partition coefficient (Wildman–Crippen LogP) is 2.25. The van der Waals surface area contributed by atoms with Crippen molar-refractivity contribution in [2.75, 3.05) is 5.32 Å². The van der Waals surface area contributed by atoms with Crippen molar-refractivity contribution < 1.29 is 4.92 Å². The maximum absolute atomic E-state index is 10.8. The lowest BCUT2D eigenvalue weighted by Crippen LogP contribution is -2.19. The van der Waals surface area contributed by atoms with Gasteiger partial charge < -0.3 is 5.32 Å². The van der Waals surface area contributed by atoms with Crippen molar-refractivity contribution in [3.63, 3.8) is 0 Å². The summed E-state index contributed by atoms with van der Waals surface area (Å²) in [6, 6.07) is 0.171. The summed E-state index contributed by atoms with van der Waals surface area (Å²) in [6.45, 7) is 1.98. The number of nitro groups is 1. The van der Waals surface area contributed by atoms with Gasteiger partial charge in [-0.2, -0.15) is 0 Å². The number of rotatable bonds is 4. The number of aromatic nitrogens is 2. The fraction of sp³-hybridized carbons (Fsp3) is 0.556. The maximum Gasteiger partial charge on any atom is 0.348 e. The molecule has 1 heterocycles. The molecule has 1 unspecified atom stereocenters. The summed E-state index contributed by atoms with van der Waals surface area (Å²) in [5.41, 5.74) is -0.253. The minimum atomic E-state index is -0.565. The molecule has 1 fully saturated rings. The molecule has 0 bridgehead atoms. The molecule has 1 aliphatic rings. The Morgan fingerprint density at radius 2 is 2.31 bits per heavy atom. The Kier molecular flexibility index (Phi) is 2.91. The number of halogens is 1. The molecule has 0 saturated heterocycles. The minimum Gasteiger partial charge on any atom is -0.361 e. The van der Waals surface area contributed by atoms with Crippen LogP contribution in [0, 0.1) is 16.0 Å². The zero-order valence-corrected chi connectivity index (χ0v) is 9.44. The Morgan fingerprint density at radius 1 is 1.62 bits per heavy atom. The first-order chi connectivity index (χ1) is 7.59. The topological polar surface area (TPSA) is 81.0 Å². The number of hydrogen-bond acceptors (Lipinski definition) is 5. The largest absolute Gasteiger partial charge is 0.361 e. The molecule has 1 atom stereocenters. The van der Waals surface area contributed by atoms with Crippen LogP contribution in [0.25, 0.3) is 0 Å². The van der Waals surface area contributed by atoms with Crippen LogP contribution in [0.15, 0.2) is 6.33 Å². The monoisotopic (exact) mass is 242 g/mol. The van der Waals surface area contributed by atoms with Gasteiger partial charge in [0.05, 0.1) is 4.92 Å². The lowest BCUT2D eigenvalue weighted by Gasteiger charge is -2.13. The molecular weight excluding hydrogens is 232 g/mol. The molecule has 1 aromatic heterocycles. The van der Waals surface area contributed by atoms with E-state index in [-0.39, 0.29) is 22.7 Å². The Bertz CT molecular complexity index is 422. The van der Waals surface area contributed by atoms with Crippen molar-refractivity contribution in [3.05, 3.63) is 21.6 Å². The molecule has 16 heavy (non-hydrogen) atoms. The maximum atomic E-state index is 10.8. The molecule has 0 amide bonds. The van der Waals surface area contributed by atoms with Crippen LogP contribution in [-0.4, -0.2) is 20.9 Å². The van der Waals surface area contributed by atoms with E-state index >= 15 is 0 Å². The standard InChI is InChI=1S/C9H11ClN4O2/c1-5(6-2-3-6)13-9-7(14(15)16)8(10)11-4-12-9/h4-6H,2-3H2,1H3,(H,11,12,13). The van der Waals surface area contributed by atoms with Crippen molar-refractivity contribution >= 4 is 23.1 Å². The average Bonchev–Trinajstić information content (AvgIpc) is 2.99. The third-order valence-electron chi connectivity index (χ3n) is 2.65. The highest BCUT2D eigenvalue weighted by Gasteiger charge is 2.30. The smallest absolute Gasteiger partial charge is 0.348 e. The molecule has 0 spiro atoms. The van der Waals surface area contributed by atoms with Gasteiger partial charge in [-0.05, 0) is 25.7 Å². The molecule has 0 aromatic carbocycles. The summed E-state index contributed by atoms with van der Waals surface area (Å²) in [5.74, 6) is 0.776. The second-order valence-electron chi connectivity index (χ2n) is 3.89. The predicted molar refractivity (Wildman–Crippen MR) is 59.5 cm³/mol. The van der Waals surface area contributed by atoms with Crippen LogP contribution in [0.1, 0.15) is 19.8 Å². The van der Waals surface area contributed by atoms with E-state index in [0.29, 0.717) is 5.92 Å². The number of nitrogens with one attached hydrogen (secondary N) is 1. The number of anilines is 1. The Balaban J connectivity index is 2.24. The van der Waals surface area contributed by atoms with Crippen LogP contribution in [0.5, 0.6) is 0 Å². The lowest BCUT2D eigenvalue weighted by atomic mass is 10.2. The zero-order chi connectivity index (χ0) is 11.7. The molecule has 86 valence electrons. The molecule has 1 saturated carbocycles. The number of hydrogen-bond donors (Lipinski definition) is 1. The summed E-state index contributed by atoms with van der Waals surface area (Å²) in [6.07, 6.45) is 3.53. The van der Waals surface area contributed by atoms with Crippen LogP contribution in [0.4, 0.5) is 11.5 Å². The fourth-order valence-corrected chi connectivity index (χ4v) is 1.76. The van der Waals surface area contributed by atoms with Gasteiger partial charge in [0.15, 0.2) is 0 Å². The van der Waals surface area contributed by atoms with Gasteiger partial charge in [0.25, 0.3) is 0 Å². The summed E-state index contributed by atoms with van der Waals surface area (Å²) in [4.78, 5) is 17.7. The zero-order valence-electron chi connectivity index (χ0n) is 8.68. The molecule has 1 aromatic rings. The quantitative estimate of drug-likeness (QED) is 0.498. The van der Waals surface area contributed by atoms with Crippen LogP contribution in [-0.2, 0) is 0 Å². The Morgan fingerprint density at radius 3 is 2.88 bits per heavy atom. The highest BCUT2D eigenvalue weighted by Crippen LogP contribution is 2.36. The van der Waals surface area contributed by atoms with Crippen molar-refractivity contribution in [2.24, 2.45) is 5.92 Å². The summed E-state index contributed by atoms with van der Waals surface area (Å²) >= 11 is 5.67. The molecule has 0 radical (unpaired) electrons. The van der Waals surface area contributed by atoms with Gasteiger partial charge in [0, 0.05) is 6.04 Å². The van der Waals surface area contributed by atoms with Crippen molar-refractivity contribution in [1.29, 1.82) is 0 Å². The van der Waals surface area contributed by atoms with Crippen LogP contribution in [0.3, 0.4) is 0 Å². The summed E-state index contributed by atoms with van der Waals surface area (Å²) in [5, 5.41) is 13.7. The Hall–Kier alpha value is -1.43. The second-order valence-corrected chi connectivity index (χ2v) is 4.25. The summed E-state index contributed by atoms with van der Waals surface area (Å²) < 4.78 is 0. The van der Waals surface area contributed by atoms with E-state index in [1.807, 2.05) is 6.92 Å². The van der Waals surface area contributed by atoms with Gasteiger partial charge in [0.2, 0.25) is 11.0 Å². The highest BCUT2D eigenvalue weighted by atomic mass is 35.5. The summed E-state index contributed by atoms with van der Waals surface area (Å²) in [7, 11) is 0. The van der Waals surface area contributed by atoms with E-state index in [1.165, 1.54) is 6.33 Å². The SMILES string of the molecule is CC(Nc1ncnc(Cl)c1[N+](=O)[O-])C1CC1. The van der Waals surface area contributed by atoms with Gasteiger partial charge in [-0.25, -0.2) is 9.97 Å². The van der Waals surface area contributed by atoms with Crippen molar-refractivity contribution in [3.8, 4) is 0 Å².